The third-order valence-corrected chi connectivity index (χ3v) is 5.39. The minimum Gasteiger partial charge on any atom is -0.481 e. The highest BCUT2D eigenvalue weighted by molar-refractivity contribution is 7.89. The van der Waals surface area contributed by atoms with E-state index in [4.69, 9.17) is 9.84 Å². The smallest absolute Gasteiger partial charge is 0.308 e. The molecular formula is C11H21NO5S. The normalized spacial score (nSPS) is 26.1. The van der Waals surface area contributed by atoms with Crippen LogP contribution in [-0.4, -0.2) is 55.9 Å². The Hall–Kier alpha value is -0.660. The molecule has 1 N–H and O–H groups in total. The molecule has 1 heterocycles. The van der Waals surface area contributed by atoms with Gasteiger partial charge in [-0.15, -0.1) is 0 Å². The molecule has 106 valence electrons. The summed E-state index contributed by atoms with van der Waals surface area (Å²) in [6.45, 7) is 2.48. The number of carboxylic acids is 1. The van der Waals surface area contributed by atoms with E-state index in [1.165, 1.54) is 11.4 Å². The van der Waals surface area contributed by atoms with Gasteiger partial charge in [-0.25, -0.2) is 8.42 Å². The van der Waals surface area contributed by atoms with Gasteiger partial charge in [-0.05, 0) is 26.2 Å². The van der Waals surface area contributed by atoms with Gasteiger partial charge in [0.15, 0.2) is 0 Å². The first-order valence-corrected chi connectivity index (χ1v) is 7.72. The monoisotopic (exact) mass is 279 g/mol. The second kappa shape index (κ2) is 6.49. The maximum Gasteiger partial charge on any atom is 0.308 e. The predicted octanol–water partition coefficient (Wildman–Crippen LogP) is 0.538. The second-order valence-electron chi connectivity index (χ2n) is 4.60. The van der Waals surface area contributed by atoms with E-state index in [1.54, 1.807) is 6.92 Å². The highest BCUT2D eigenvalue weighted by Crippen LogP contribution is 2.26. The highest BCUT2D eigenvalue weighted by Gasteiger charge is 2.38. The lowest BCUT2D eigenvalue weighted by Gasteiger charge is -2.36. The molecule has 1 rings (SSSR count). The first-order chi connectivity index (χ1) is 8.40. The molecule has 2 atom stereocenters. The first kappa shape index (κ1) is 15.4. The van der Waals surface area contributed by atoms with Crippen LogP contribution in [-0.2, 0) is 19.6 Å². The number of carbonyl (C=O) groups is 1. The molecule has 1 saturated heterocycles. The lowest BCUT2D eigenvalue weighted by Crippen LogP contribution is -2.49. The molecule has 6 nitrogen and oxygen atoms in total. The molecule has 0 saturated carbocycles. The number of carboxylic acid groups (broad SMARTS) is 1. The fourth-order valence-electron chi connectivity index (χ4n) is 2.34. The van der Waals surface area contributed by atoms with Gasteiger partial charge in [-0.3, -0.25) is 4.79 Å². The molecule has 0 bridgehead atoms. The molecule has 18 heavy (non-hydrogen) atoms. The van der Waals surface area contributed by atoms with E-state index >= 15 is 0 Å². The van der Waals surface area contributed by atoms with Crippen molar-refractivity contribution < 1.29 is 23.1 Å². The van der Waals surface area contributed by atoms with Gasteiger partial charge in [0.1, 0.15) is 0 Å². The fraction of sp³-hybridized carbons (Fsp3) is 0.909. The molecule has 7 heteroatoms. The van der Waals surface area contributed by atoms with Crippen molar-refractivity contribution >= 4 is 16.0 Å². The minimum atomic E-state index is -3.38. The summed E-state index contributed by atoms with van der Waals surface area (Å²) in [7, 11) is -1.86. The first-order valence-electron chi connectivity index (χ1n) is 6.11. The number of hydrogen-bond acceptors (Lipinski definition) is 4. The molecule has 1 aliphatic heterocycles. The summed E-state index contributed by atoms with van der Waals surface area (Å²) in [5.74, 6) is -1.51. The van der Waals surface area contributed by atoms with Crippen LogP contribution in [0.2, 0.25) is 0 Å². The number of methoxy groups -OCH3 is 1. The number of piperidine rings is 1. The average Bonchev–Trinajstić information content (AvgIpc) is 2.28. The van der Waals surface area contributed by atoms with Crippen molar-refractivity contribution in [3.63, 3.8) is 0 Å². The maximum atomic E-state index is 12.1. The van der Waals surface area contributed by atoms with Gasteiger partial charge < -0.3 is 9.84 Å². The van der Waals surface area contributed by atoms with Crippen LogP contribution in [0.25, 0.3) is 0 Å². The predicted molar refractivity (Wildman–Crippen MR) is 66.8 cm³/mol. The number of hydrogen-bond donors (Lipinski definition) is 1. The molecular weight excluding hydrogens is 258 g/mol. The summed E-state index contributed by atoms with van der Waals surface area (Å²) in [6, 6.07) is -0.469. The fourth-order valence-corrected chi connectivity index (χ4v) is 4.12. The zero-order valence-electron chi connectivity index (χ0n) is 10.8. The Morgan fingerprint density at radius 2 is 2.17 bits per heavy atom. The van der Waals surface area contributed by atoms with Crippen molar-refractivity contribution in [2.24, 2.45) is 5.92 Å². The molecule has 1 fully saturated rings. The number of rotatable bonds is 6. The van der Waals surface area contributed by atoms with E-state index in [-0.39, 0.29) is 5.75 Å². The number of aliphatic carboxylic acids is 1. The molecule has 0 radical (unpaired) electrons. The summed E-state index contributed by atoms with van der Waals surface area (Å²) >= 11 is 0. The summed E-state index contributed by atoms with van der Waals surface area (Å²) in [5.41, 5.74) is 0. The SMILES string of the molecule is COCCCS(=O)(=O)N1CCC[C@H](C(=O)O)[C@@H]1C. The van der Waals surface area contributed by atoms with E-state index < -0.39 is 28.0 Å². The lowest BCUT2D eigenvalue weighted by atomic mass is 9.92. The maximum absolute atomic E-state index is 12.1. The van der Waals surface area contributed by atoms with Gasteiger partial charge in [0, 0.05) is 26.3 Å². The van der Waals surface area contributed by atoms with Crippen molar-refractivity contribution in [1.29, 1.82) is 0 Å². The van der Waals surface area contributed by atoms with E-state index in [9.17, 15) is 13.2 Å². The standard InChI is InChI=1S/C11H21NO5S/c1-9-10(11(13)14)5-3-6-12(9)18(15,16)8-4-7-17-2/h9-10H,3-8H2,1-2H3,(H,13,14)/t9-,10-/m0/s1. The van der Waals surface area contributed by atoms with Crippen LogP contribution in [0, 0.1) is 5.92 Å². The van der Waals surface area contributed by atoms with Crippen LogP contribution < -0.4 is 0 Å². The number of ether oxygens (including phenoxy) is 1. The van der Waals surface area contributed by atoms with Crippen molar-refractivity contribution in [3.05, 3.63) is 0 Å². The van der Waals surface area contributed by atoms with E-state index in [0.29, 0.717) is 32.4 Å². The van der Waals surface area contributed by atoms with Crippen LogP contribution in [0.15, 0.2) is 0 Å². The Morgan fingerprint density at radius 3 is 2.72 bits per heavy atom. The Kier molecular flexibility index (Phi) is 5.55. The topological polar surface area (TPSA) is 83.9 Å². The average molecular weight is 279 g/mol. The molecule has 0 spiro atoms. The Labute approximate surface area is 108 Å². The van der Waals surface area contributed by atoms with Gasteiger partial charge in [0.05, 0.1) is 11.7 Å². The van der Waals surface area contributed by atoms with Gasteiger partial charge in [-0.2, -0.15) is 4.31 Å². The van der Waals surface area contributed by atoms with Crippen LogP contribution in [0.1, 0.15) is 26.2 Å². The minimum absolute atomic E-state index is 0.0114. The molecule has 1 aliphatic rings. The molecule has 0 unspecified atom stereocenters. The Balaban J connectivity index is 2.71. The Bertz CT molecular complexity index is 381. The van der Waals surface area contributed by atoms with Crippen LogP contribution >= 0.6 is 0 Å². The summed E-state index contributed by atoms with van der Waals surface area (Å²) in [4.78, 5) is 11.1. The van der Waals surface area contributed by atoms with Crippen LogP contribution in [0.3, 0.4) is 0 Å². The second-order valence-corrected chi connectivity index (χ2v) is 6.64. The van der Waals surface area contributed by atoms with Crippen LogP contribution in [0.5, 0.6) is 0 Å². The van der Waals surface area contributed by atoms with Crippen molar-refractivity contribution in [2.75, 3.05) is 26.0 Å². The van der Waals surface area contributed by atoms with E-state index in [0.717, 1.165) is 0 Å². The van der Waals surface area contributed by atoms with Gasteiger partial charge >= 0.3 is 5.97 Å². The quantitative estimate of drug-likeness (QED) is 0.717. The summed E-state index contributed by atoms with van der Waals surface area (Å²) in [6.07, 6.45) is 1.57. The third kappa shape index (κ3) is 3.66. The molecule has 0 aromatic rings. The summed E-state index contributed by atoms with van der Waals surface area (Å²) < 4.78 is 30.4. The van der Waals surface area contributed by atoms with Gasteiger partial charge in [0.2, 0.25) is 10.0 Å². The molecule has 0 amide bonds. The summed E-state index contributed by atoms with van der Waals surface area (Å²) in [5, 5.41) is 9.06. The lowest BCUT2D eigenvalue weighted by molar-refractivity contribution is -0.144. The van der Waals surface area contributed by atoms with Crippen molar-refractivity contribution in [1.82, 2.24) is 4.31 Å². The molecule has 0 aromatic carbocycles. The van der Waals surface area contributed by atoms with Crippen LogP contribution in [0.4, 0.5) is 0 Å². The van der Waals surface area contributed by atoms with E-state index in [2.05, 4.69) is 0 Å². The van der Waals surface area contributed by atoms with Crippen molar-refractivity contribution in [3.8, 4) is 0 Å². The number of nitrogens with zero attached hydrogens (tertiary/aromatic N) is 1. The molecule has 0 aromatic heterocycles. The highest BCUT2D eigenvalue weighted by atomic mass is 32.2. The van der Waals surface area contributed by atoms with E-state index in [1.807, 2.05) is 0 Å². The number of sulfonamides is 1. The Morgan fingerprint density at radius 1 is 1.50 bits per heavy atom. The third-order valence-electron chi connectivity index (χ3n) is 3.36. The molecule has 0 aliphatic carbocycles. The van der Waals surface area contributed by atoms with Gasteiger partial charge in [-0.1, -0.05) is 0 Å². The largest absolute Gasteiger partial charge is 0.481 e. The zero-order chi connectivity index (χ0) is 13.8. The van der Waals surface area contributed by atoms with Gasteiger partial charge in [0.25, 0.3) is 0 Å². The zero-order valence-corrected chi connectivity index (χ0v) is 11.6. The van der Waals surface area contributed by atoms with Crippen molar-refractivity contribution in [2.45, 2.75) is 32.2 Å².